The van der Waals surface area contributed by atoms with Gasteiger partial charge in [-0.1, -0.05) is 0 Å². The summed E-state index contributed by atoms with van der Waals surface area (Å²) < 4.78 is 23.2. The Hall–Kier alpha value is -0.660. The summed E-state index contributed by atoms with van der Waals surface area (Å²) in [6.45, 7) is 1.26. The average molecular weight is 278 g/mol. The van der Waals surface area contributed by atoms with E-state index in [2.05, 4.69) is 0 Å². The van der Waals surface area contributed by atoms with Gasteiger partial charge in [0.2, 0.25) is 5.91 Å². The summed E-state index contributed by atoms with van der Waals surface area (Å²) in [6.07, 6.45) is 1.32. The Morgan fingerprint density at radius 3 is 2.50 bits per heavy atom. The van der Waals surface area contributed by atoms with Crippen LogP contribution in [0.5, 0.6) is 0 Å². The summed E-state index contributed by atoms with van der Waals surface area (Å²) in [5.41, 5.74) is 4.92. The molecule has 0 aliphatic heterocycles. The minimum absolute atomic E-state index is 0.0477. The van der Waals surface area contributed by atoms with Crippen molar-refractivity contribution in [3.63, 3.8) is 0 Å². The summed E-state index contributed by atoms with van der Waals surface area (Å²) >= 11 is 0. The standard InChI is InChI=1S/C11H22N2O4S/c1-13(8-9-6-10(14)7-9)3-5-18(16,17)4-2-11(12)15/h9-10,14H,2-8H2,1H3,(H2,12,15). The highest BCUT2D eigenvalue weighted by Gasteiger charge is 2.28. The number of nitrogens with two attached hydrogens (primary N) is 1. The Morgan fingerprint density at radius 1 is 1.39 bits per heavy atom. The Balaban J connectivity index is 2.20. The van der Waals surface area contributed by atoms with Crippen molar-refractivity contribution in [3.8, 4) is 0 Å². The Labute approximate surface area is 108 Å². The molecule has 0 atom stereocenters. The predicted molar refractivity (Wildman–Crippen MR) is 68.7 cm³/mol. The quantitative estimate of drug-likeness (QED) is 0.592. The molecule has 0 aromatic carbocycles. The first-order valence-electron chi connectivity index (χ1n) is 6.14. The lowest BCUT2D eigenvalue weighted by molar-refractivity contribution is -0.117. The number of primary amides is 1. The van der Waals surface area contributed by atoms with Gasteiger partial charge >= 0.3 is 0 Å². The summed E-state index contributed by atoms with van der Waals surface area (Å²) in [7, 11) is -1.33. The summed E-state index contributed by atoms with van der Waals surface area (Å²) in [4.78, 5) is 12.5. The molecule has 106 valence electrons. The van der Waals surface area contributed by atoms with E-state index in [4.69, 9.17) is 10.8 Å². The lowest BCUT2D eigenvalue weighted by atomic mass is 9.82. The molecule has 1 aliphatic carbocycles. The van der Waals surface area contributed by atoms with Gasteiger partial charge in [-0.3, -0.25) is 4.79 Å². The second-order valence-corrected chi connectivity index (χ2v) is 7.43. The van der Waals surface area contributed by atoms with Crippen LogP contribution in [-0.4, -0.2) is 62.1 Å². The molecule has 18 heavy (non-hydrogen) atoms. The molecule has 1 amide bonds. The number of carbonyl (C=O) groups excluding carboxylic acids is 1. The summed E-state index contributed by atoms with van der Waals surface area (Å²) in [5, 5.41) is 9.15. The number of hydrogen-bond donors (Lipinski definition) is 2. The molecular weight excluding hydrogens is 256 g/mol. The molecule has 0 bridgehead atoms. The van der Waals surface area contributed by atoms with Crippen LogP contribution < -0.4 is 5.73 Å². The van der Waals surface area contributed by atoms with E-state index >= 15 is 0 Å². The number of aliphatic hydroxyl groups excluding tert-OH is 1. The Bertz CT molecular complexity index is 377. The Morgan fingerprint density at radius 2 is 2.00 bits per heavy atom. The van der Waals surface area contributed by atoms with Crippen LogP contribution in [0.1, 0.15) is 19.3 Å². The number of hydrogen-bond acceptors (Lipinski definition) is 5. The van der Waals surface area contributed by atoms with Crippen LogP contribution in [0.3, 0.4) is 0 Å². The second-order valence-electron chi connectivity index (χ2n) is 5.12. The van der Waals surface area contributed by atoms with Gasteiger partial charge in [0.25, 0.3) is 0 Å². The molecule has 3 N–H and O–H groups in total. The number of sulfone groups is 1. The normalized spacial score (nSPS) is 23.9. The highest BCUT2D eigenvalue weighted by molar-refractivity contribution is 7.91. The third-order valence-electron chi connectivity index (χ3n) is 3.22. The molecule has 0 aromatic rings. The van der Waals surface area contributed by atoms with Crippen LogP contribution in [-0.2, 0) is 14.6 Å². The average Bonchev–Trinajstić information content (AvgIpc) is 2.22. The monoisotopic (exact) mass is 278 g/mol. The molecule has 1 saturated carbocycles. The van der Waals surface area contributed by atoms with Gasteiger partial charge in [0.15, 0.2) is 9.84 Å². The van der Waals surface area contributed by atoms with E-state index in [1.807, 2.05) is 11.9 Å². The van der Waals surface area contributed by atoms with Crippen molar-refractivity contribution in [1.29, 1.82) is 0 Å². The fourth-order valence-electron chi connectivity index (χ4n) is 2.03. The van der Waals surface area contributed by atoms with Gasteiger partial charge in [0.1, 0.15) is 0 Å². The van der Waals surface area contributed by atoms with E-state index in [1.54, 1.807) is 0 Å². The topological polar surface area (TPSA) is 101 Å². The largest absolute Gasteiger partial charge is 0.393 e. The molecule has 0 heterocycles. The number of nitrogens with zero attached hydrogens (tertiary/aromatic N) is 1. The van der Waals surface area contributed by atoms with Crippen LogP contribution in [0.4, 0.5) is 0 Å². The van der Waals surface area contributed by atoms with Crippen molar-refractivity contribution in [2.45, 2.75) is 25.4 Å². The van der Waals surface area contributed by atoms with Gasteiger partial charge in [-0.2, -0.15) is 0 Å². The third kappa shape index (κ3) is 5.79. The molecule has 1 aliphatic rings. The molecule has 7 heteroatoms. The first kappa shape index (κ1) is 15.4. The van der Waals surface area contributed by atoms with Crippen LogP contribution in [0.25, 0.3) is 0 Å². The van der Waals surface area contributed by atoms with Crippen LogP contribution in [0.2, 0.25) is 0 Å². The van der Waals surface area contributed by atoms with E-state index < -0.39 is 15.7 Å². The fraction of sp³-hybridized carbons (Fsp3) is 0.909. The first-order chi connectivity index (χ1) is 8.28. The van der Waals surface area contributed by atoms with E-state index in [0.29, 0.717) is 12.5 Å². The minimum atomic E-state index is -3.20. The maximum absolute atomic E-state index is 11.6. The number of rotatable bonds is 8. The fourth-order valence-corrected chi connectivity index (χ4v) is 3.34. The van der Waals surface area contributed by atoms with E-state index in [9.17, 15) is 13.2 Å². The summed E-state index contributed by atoms with van der Waals surface area (Å²) in [5.74, 6) is -0.238. The highest BCUT2D eigenvalue weighted by Crippen LogP contribution is 2.27. The smallest absolute Gasteiger partial charge is 0.218 e. The lowest BCUT2D eigenvalue weighted by Gasteiger charge is -2.34. The van der Waals surface area contributed by atoms with Crippen molar-refractivity contribution in [1.82, 2.24) is 4.90 Å². The van der Waals surface area contributed by atoms with Gasteiger partial charge in [-0.25, -0.2) is 8.42 Å². The van der Waals surface area contributed by atoms with E-state index in [0.717, 1.165) is 19.4 Å². The van der Waals surface area contributed by atoms with Crippen molar-refractivity contribution in [2.24, 2.45) is 11.7 Å². The Kier molecular flexibility index (Phi) is 5.55. The second kappa shape index (κ2) is 6.49. The van der Waals surface area contributed by atoms with Crippen LogP contribution >= 0.6 is 0 Å². The van der Waals surface area contributed by atoms with Crippen LogP contribution in [0.15, 0.2) is 0 Å². The molecule has 0 unspecified atom stereocenters. The SMILES string of the molecule is CN(CCS(=O)(=O)CCC(N)=O)CC1CC(O)C1. The van der Waals surface area contributed by atoms with Gasteiger partial charge < -0.3 is 15.7 Å². The van der Waals surface area contributed by atoms with Gasteiger partial charge in [0.05, 0.1) is 17.6 Å². The van der Waals surface area contributed by atoms with E-state index in [1.165, 1.54) is 0 Å². The molecule has 0 spiro atoms. The predicted octanol–water partition coefficient (Wildman–Crippen LogP) is -1.02. The molecule has 0 radical (unpaired) electrons. The third-order valence-corrected chi connectivity index (χ3v) is 4.85. The van der Waals surface area contributed by atoms with Gasteiger partial charge in [-0.05, 0) is 25.8 Å². The zero-order chi connectivity index (χ0) is 13.8. The molecule has 1 rings (SSSR count). The minimum Gasteiger partial charge on any atom is -0.393 e. The summed E-state index contributed by atoms with van der Waals surface area (Å²) in [6, 6.07) is 0. The van der Waals surface area contributed by atoms with Gasteiger partial charge in [0, 0.05) is 19.5 Å². The maximum atomic E-state index is 11.6. The number of carbonyl (C=O) groups is 1. The molecule has 0 aromatic heterocycles. The molecular formula is C11H22N2O4S. The number of amides is 1. The zero-order valence-corrected chi connectivity index (χ0v) is 11.5. The van der Waals surface area contributed by atoms with Crippen molar-refractivity contribution < 1.29 is 18.3 Å². The highest BCUT2D eigenvalue weighted by atomic mass is 32.2. The maximum Gasteiger partial charge on any atom is 0.218 e. The lowest BCUT2D eigenvalue weighted by Crippen LogP contribution is -2.38. The zero-order valence-electron chi connectivity index (χ0n) is 10.7. The van der Waals surface area contributed by atoms with Gasteiger partial charge in [-0.15, -0.1) is 0 Å². The number of aliphatic hydroxyl groups is 1. The van der Waals surface area contributed by atoms with Crippen molar-refractivity contribution in [2.75, 3.05) is 31.6 Å². The van der Waals surface area contributed by atoms with E-state index in [-0.39, 0.29) is 24.0 Å². The first-order valence-corrected chi connectivity index (χ1v) is 7.96. The molecule has 0 saturated heterocycles. The molecule has 6 nitrogen and oxygen atoms in total. The van der Waals surface area contributed by atoms with Crippen molar-refractivity contribution in [3.05, 3.63) is 0 Å². The van der Waals surface area contributed by atoms with Crippen molar-refractivity contribution >= 4 is 15.7 Å². The van der Waals surface area contributed by atoms with Crippen LogP contribution in [0, 0.1) is 5.92 Å². The molecule has 1 fully saturated rings.